The maximum atomic E-state index is 12.6. The summed E-state index contributed by atoms with van der Waals surface area (Å²) in [6.07, 6.45) is 1.60. The standard InChI is InChI=1S/C17H26N4O3S/c1-12(2)21(13(3)4)15(22)11-25-17-19-18-16(14-7-6-9-24-14)20(17)8-10-23-5/h6-7,9,12-13H,8,10-11H2,1-5H3. The minimum Gasteiger partial charge on any atom is -0.461 e. The molecule has 0 bridgehead atoms. The average Bonchev–Trinajstić information content (AvgIpc) is 3.19. The predicted molar refractivity (Wildman–Crippen MR) is 97.4 cm³/mol. The fourth-order valence-electron chi connectivity index (χ4n) is 2.74. The number of hydrogen-bond acceptors (Lipinski definition) is 6. The summed E-state index contributed by atoms with van der Waals surface area (Å²) in [6, 6.07) is 3.98. The molecule has 8 heteroatoms. The highest BCUT2D eigenvalue weighted by Crippen LogP contribution is 2.25. The van der Waals surface area contributed by atoms with Crippen LogP contribution in [-0.4, -0.2) is 57.1 Å². The highest BCUT2D eigenvalue weighted by molar-refractivity contribution is 7.99. The molecule has 2 aromatic rings. The van der Waals surface area contributed by atoms with Crippen LogP contribution in [0.4, 0.5) is 0 Å². The van der Waals surface area contributed by atoms with Gasteiger partial charge in [-0.1, -0.05) is 11.8 Å². The van der Waals surface area contributed by atoms with Crippen LogP contribution in [-0.2, 0) is 16.1 Å². The molecule has 0 saturated heterocycles. The number of nitrogens with zero attached hydrogens (tertiary/aromatic N) is 4. The van der Waals surface area contributed by atoms with E-state index in [0.29, 0.717) is 35.6 Å². The van der Waals surface area contributed by atoms with Gasteiger partial charge in [0.05, 0.1) is 25.2 Å². The first-order valence-corrected chi connectivity index (χ1v) is 9.34. The first kappa shape index (κ1) is 19.5. The molecule has 25 heavy (non-hydrogen) atoms. The Morgan fingerprint density at radius 2 is 2.04 bits per heavy atom. The van der Waals surface area contributed by atoms with Crippen LogP contribution in [0.1, 0.15) is 27.7 Å². The molecule has 2 heterocycles. The third-order valence-corrected chi connectivity index (χ3v) is 4.65. The van der Waals surface area contributed by atoms with Gasteiger partial charge in [0.2, 0.25) is 11.7 Å². The molecule has 0 fully saturated rings. The third kappa shape index (κ3) is 4.85. The quantitative estimate of drug-likeness (QED) is 0.635. The van der Waals surface area contributed by atoms with Gasteiger partial charge in [0.15, 0.2) is 10.9 Å². The first-order chi connectivity index (χ1) is 12.0. The van der Waals surface area contributed by atoms with Crippen LogP contribution in [0.3, 0.4) is 0 Å². The van der Waals surface area contributed by atoms with E-state index < -0.39 is 0 Å². The van der Waals surface area contributed by atoms with Crippen molar-refractivity contribution in [2.45, 2.75) is 51.5 Å². The normalized spacial score (nSPS) is 11.5. The molecule has 0 spiro atoms. The van der Waals surface area contributed by atoms with Crippen LogP contribution < -0.4 is 0 Å². The Morgan fingerprint density at radius 3 is 2.60 bits per heavy atom. The lowest BCUT2D eigenvalue weighted by Crippen LogP contribution is -2.43. The number of carbonyl (C=O) groups excluding carboxylic acids is 1. The lowest BCUT2D eigenvalue weighted by molar-refractivity contribution is -0.131. The second-order valence-corrected chi connectivity index (χ2v) is 7.15. The molecule has 0 unspecified atom stereocenters. The largest absolute Gasteiger partial charge is 0.461 e. The molecule has 0 aliphatic carbocycles. The highest BCUT2D eigenvalue weighted by Gasteiger charge is 2.22. The summed E-state index contributed by atoms with van der Waals surface area (Å²) >= 11 is 1.39. The zero-order valence-corrected chi connectivity index (χ0v) is 16.2. The Kier molecular flexibility index (Phi) is 7.07. The van der Waals surface area contributed by atoms with E-state index >= 15 is 0 Å². The minimum absolute atomic E-state index is 0.0934. The summed E-state index contributed by atoms with van der Waals surface area (Å²) in [5.41, 5.74) is 0. The summed E-state index contributed by atoms with van der Waals surface area (Å²) in [5, 5.41) is 9.14. The fraction of sp³-hybridized carbons (Fsp3) is 0.588. The average molecular weight is 366 g/mol. The fourth-order valence-corrected chi connectivity index (χ4v) is 3.57. The van der Waals surface area contributed by atoms with Crippen molar-refractivity contribution in [2.75, 3.05) is 19.5 Å². The highest BCUT2D eigenvalue weighted by atomic mass is 32.2. The molecule has 1 amide bonds. The van der Waals surface area contributed by atoms with Crippen LogP contribution >= 0.6 is 11.8 Å². The lowest BCUT2D eigenvalue weighted by atomic mass is 10.2. The van der Waals surface area contributed by atoms with Gasteiger partial charge in [-0.2, -0.15) is 0 Å². The van der Waals surface area contributed by atoms with Gasteiger partial charge in [0.1, 0.15) is 0 Å². The van der Waals surface area contributed by atoms with E-state index in [0.717, 1.165) is 0 Å². The minimum atomic E-state index is 0.0934. The molecule has 0 saturated carbocycles. The van der Waals surface area contributed by atoms with Crippen molar-refractivity contribution in [1.29, 1.82) is 0 Å². The second-order valence-electron chi connectivity index (χ2n) is 6.21. The maximum absolute atomic E-state index is 12.6. The molecule has 2 rings (SSSR count). The monoisotopic (exact) mass is 366 g/mol. The van der Waals surface area contributed by atoms with E-state index in [1.165, 1.54) is 11.8 Å². The van der Waals surface area contributed by atoms with Crippen molar-refractivity contribution < 1.29 is 13.9 Å². The number of furan rings is 1. The molecule has 0 atom stereocenters. The van der Waals surface area contributed by atoms with Gasteiger partial charge in [-0.05, 0) is 39.8 Å². The molecular weight excluding hydrogens is 340 g/mol. The molecule has 0 radical (unpaired) electrons. The van der Waals surface area contributed by atoms with Crippen molar-refractivity contribution in [3.05, 3.63) is 18.4 Å². The molecule has 2 aromatic heterocycles. The zero-order chi connectivity index (χ0) is 18.4. The molecular formula is C17H26N4O3S. The molecule has 7 nitrogen and oxygen atoms in total. The smallest absolute Gasteiger partial charge is 0.233 e. The van der Waals surface area contributed by atoms with Crippen molar-refractivity contribution in [2.24, 2.45) is 0 Å². The van der Waals surface area contributed by atoms with Gasteiger partial charge < -0.3 is 14.1 Å². The van der Waals surface area contributed by atoms with E-state index in [9.17, 15) is 4.79 Å². The summed E-state index contributed by atoms with van der Waals surface area (Å²) < 4.78 is 12.5. The summed E-state index contributed by atoms with van der Waals surface area (Å²) in [6.45, 7) is 9.22. The number of aromatic nitrogens is 3. The van der Waals surface area contributed by atoms with Crippen LogP contribution in [0.15, 0.2) is 28.0 Å². The number of methoxy groups -OCH3 is 1. The topological polar surface area (TPSA) is 73.4 Å². The SMILES string of the molecule is COCCn1c(SCC(=O)N(C(C)C)C(C)C)nnc1-c1ccco1. The Morgan fingerprint density at radius 1 is 1.32 bits per heavy atom. The zero-order valence-electron chi connectivity index (χ0n) is 15.4. The van der Waals surface area contributed by atoms with E-state index in [1.54, 1.807) is 13.4 Å². The van der Waals surface area contributed by atoms with Gasteiger partial charge in [-0.3, -0.25) is 9.36 Å². The van der Waals surface area contributed by atoms with E-state index in [1.807, 2.05) is 49.3 Å². The number of hydrogen-bond donors (Lipinski definition) is 0. The number of amides is 1. The molecule has 0 aliphatic heterocycles. The summed E-state index contributed by atoms with van der Waals surface area (Å²) in [7, 11) is 1.65. The number of thioether (sulfide) groups is 1. The van der Waals surface area contributed by atoms with Crippen molar-refractivity contribution in [3.8, 4) is 11.6 Å². The number of rotatable bonds is 9. The van der Waals surface area contributed by atoms with Gasteiger partial charge in [-0.15, -0.1) is 10.2 Å². The lowest BCUT2D eigenvalue weighted by Gasteiger charge is -2.30. The number of ether oxygens (including phenoxy) is 1. The van der Waals surface area contributed by atoms with Crippen LogP contribution in [0.5, 0.6) is 0 Å². The molecule has 0 N–H and O–H groups in total. The first-order valence-electron chi connectivity index (χ1n) is 8.35. The molecule has 0 aromatic carbocycles. The molecule has 0 aliphatic rings. The van der Waals surface area contributed by atoms with E-state index in [-0.39, 0.29) is 18.0 Å². The van der Waals surface area contributed by atoms with Crippen molar-refractivity contribution in [3.63, 3.8) is 0 Å². The van der Waals surface area contributed by atoms with Crippen molar-refractivity contribution >= 4 is 17.7 Å². The number of carbonyl (C=O) groups is 1. The van der Waals surface area contributed by atoms with Gasteiger partial charge >= 0.3 is 0 Å². The van der Waals surface area contributed by atoms with Crippen LogP contribution in [0.2, 0.25) is 0 Å². The molecule has 138 valence electrons. The third-order valence-electron chi connectivity index (χ3n) is 3.70. The Hall–Kier alpha value is -1.80. The van der Waals surface area contributed by atoms with Crippen LogP contribution in [0, 0.1) is 0 Å². The second kappa shape index (κ2) is 9.05. The summed E-state index contributed by atoms with van der Waals surface area (Å²) in [5.74, 6) is 1.70. The Bertz CT molecular complexity index is 659. The van der Waals surface area contributed by atoms with Gasteiger partial charge in [-0.25, -0.2) is 0 Å². The van der Waals surface area contributed by atoms with Gasteiger partial charge in [0, 0.05) is 19.2 Å². The van der Waals surface area contributed by atoms with Crippen molar-refractivity contribution in [1.82, 2.24) is 19.7 Å². The Labute approximate surface area is 152 Å². The predicted octanol–water partition coefficient (Wildman–Crippen LogP) is 2.92. The summed E-state index contributed by atoms with van der Waals surface area (Å²) in [4.78, 5) is 14.4. The van der Waals surface area contributed by atoms with Gasteiger partial charge in [0.25, 0.3) is 0 Å². The van der Waals surface area contributed by atoms with E-state index in [2.05, 4.69) is 10.2 Å². The maximum Gasteiger partial charge on any atom is 0.233 e. The van der Waals surface area contributed by atoms with E-state index in [4.69, 9.17) is 9.15 Å². The Balaban J connectivity index is 2.15. The van der Waals surface area contributed by atoms with Crippen LogP contribution in [0.25, 0.3) is 11.6 Å².